The summed E-state index contributed by atoms with van der Waals surface area (Å²) in [5, 5.41) is 9.75. The van der Waals surface area contributed by atoms with Crippen molar-refractivity contribution in [1.29, 1.82) is 5.26 Å². The highest BCUT2D eigenvalue weighted by molar-refractivity contribution is 5.78. The lowest BCUT2D eigenvalue weighted by Crippen LogP contribution is -2.39. The molecule has 1 saturated carbocycles. The van der Waals surface area contributed by atoms with Crippen LogP contribution in [0.15, 0.2) is 24.3 Å². The third-order valence-corrected chi connectivity index (χ3v) is 5.92. The van der Waals surface area contributed by atoms with E-state index in [1.54, 1.807) is 0 Å². The Labute approximate surface area is 141 Å². The molecule has 0 radical (unpaired) electrons. The summed E-state index contributed by atoms with van der Waals surface area (Å²) >= 11 is 0. The van der Waals surface area contributed by atoms with Gasteiger partial charge in [0.1, 0.15) is 22.7 Å². The predicted octanol–water partition coefficient (Wildman–Crippen LogP) is 3.39. The lowest BCUT2D eigenvalue weighted by Gasteiger charge is -2.22. The minimum absolute atomic E-state index is 0.656. The van der Waals surface area contributed by atoms with Gasteiger partial charge in [-0.25, -0.2) is 0 Å². The Morgan fingerprint density at radius 3 is 2.83 bits per heavy atom. The molecule has 1 aromatic carbocycles. The molecule has 24 heavy (non-hydrogen) atoms. The monoisotopic (exact) mass is 317 g/mol. The Kier molecular flexibility index (Phi) is 2.87. The third kappa shape index (κ3) is 1.70. The fraction of sp³-hybridized carbons (Fsp3) is 0.400. The molecule has 0 unspecified atom stereocenters. The molecule has 2 aromatic heterocycles. The van der Waals surface area contributed by atoms with Crippen LogP contribution in [-0.4, -0.2) is 17.6 Å². The lowest BCUT2D eigenvalue weighted by atomic mass is 10.0. The summed E-state index contributed by atoms with van der Waals surface area (Å²) in [5.74, 6) is 1.32. The highest BCUT2D eigenvalue weighted by Gasteiger charge is 2.38. The van der Waals surface area contributed by atoms with E-state index in [-0.39, 0.29) is 0 Å². The molecule has 4 heteroatoms. The molecule has 2 aliphatic rings. The maximum Gasteiger partial charge on any atom is 0.250 e. The van der Waals surface area contributed by atoms with Gasteiger partial charge in [-0.3, -0.25) is 9.88 Å². The van der Waals surface area contributed by atoms with Crippen molar-refractivity contribution in [2.45, 2.75) is 45.1 Å². The van der Waals surface area contributed by atoms with Crippen molar-refractivity contribution in [2.24, 2.45) is 0 Å². The van der Waals surface area contributed by atoms with Gasteiger partial charge < -0.3 is 0 Å². The third-order valence-electron chi connectivity index (χ3n) is 5.92. The highest BCUT2D eigenvalue weighted by Crippen LogP contribution is 2.36. The van der Waals surface area contributed by atoms with Gasteiger partial charge >= 0.3 is 0 Å². The molecule has 1 N–H and O–H groups in total. The molecule has 0 amide bonds. The summed E-state index contributed by atoms with van der Waals surface area (Å²) in [4.78, 5) is 6.11. The smallest absolute Gasteiger partial charge is 0.250 e. The number of nitrogens with zero attached hydrogens (tertiary/aromatic N) is 3. The van der Waals surface area contributed by atoms with Crippen LogP contribution in [-0.2, 0) is 6.42 Å². The largest absolute Gasteiger partial charge is 0.289 e. The number of rotatable bonds is 1. The number of nitrogens with one attached hydrogen (secondary N) is 1. The Morgan fingerprint density at radius 1 is 1.25 bits per heavy atom. The molecular formula is C20H21N4+. The molecule has 1 fully saturated rings. The molecule has 0 atom stereocenters. The lowest BCUT2D eigenvalue weighted by molar-refractivity contribution is -0.467. The van der Waals surface area contributed by atoms with Gasteiger partial charge in [-0.15, -0.1) is 0 Å². The van der Waals surface area contributed by atoms with E-state index in [2.05, 4.69) is 45.5 Å². The molecule has 3 aromatic rings. The molecule has 0 bridgehead atoms. The van der Waals surface area contributed by atoms with Crippen molar-refractivity contribution < 1.29 is 4.40 Å². The molecule has 5 rings (SSSR count). The average Bonchev–Trinajstić information content (AvgIpc) is 3.32. The van der Waals surface area contributed by atoms with Gasteiger partial charge in [0, 0.05) is 12.0 Å². The first-order chi connectivity index (χ1) is 11.8. The van der Waals surface area contributed by atoms with Gasteiger partial charge in [-0.1, -0.05) is 12.1 Å². The van der Waals surface area contributed by atoms with Gasteiger partial charge in [0.25, 0.3) is 0 Å². The van der Waals surface area contributed by atoms with Gasteiger partial charge in [-0.2, -0.15) is 9.66 Å². The summed E-state index contributed by atoms with van der Waals surface area (Å²) in [6, 6.07) is 11.5. The quantitative estimate of drug-likeness (QED) is 0.699. The molecule has 1 aliphatic carbocycles. The van der Waals surface area contributed by atoms with Crippen LogP contribution in [0.25, 0.3) is 16.7 Å². The number of H-pyrrole nitrogens is 1. The van der Waals surface area contributed by atoms with Crippen LogP contribution in [0.4, 0.5) is 5.82 Å². The highest BCUT2D eigenvalue weighted by atomic mass is 15.3. The van der Waals surface area contributed by atoms with Crippen molar-refractivity contribution in [2.75, 3.05) is 11.4 Å². The number of pyridine rings is 1. The Bertz CT molecular complexity index is 1000. The zero-order chi connectivity index (χ0) is 16.3. The van der Waals surface area contributed by atoms with Gasteiger partial charge in [-0.05, 0) is 50.3 Å². The number of hydrogen-bond donors (Lipinski definition) is 1. The van der Waals surface area contributed by atoms with E-state index in [4.69, 9.17) is 0 Å². The van der Waals surface area contributed by atoms with Gasteiger partial charge in [0.15, 0.2) is 0 Å². The van der Waals surface area contributed by atoms with E-state index in [1.807, 2.05) is 6.07 Å². The van der Waals surface area contributed by atoms with Crippen molar-refractivity contribution in [1.82, 2.24) is 4.98 Å². The second-order valence-electron chi connectivity index (χ2n) is 7.12. The molecule has 0 saturated heterocycles. The number of anilines is 1. The van der Waals surface area contributed by atoms with E-state index in [0.29, 0.717) is 6.04 Å². The Morgan fingerprint density at radius 2 is 2.04 bits per heavy atom. The molecular weight excluding hydrogens is 296 g/mol. The number of aromatic nitrogens is 2. The minimum Gasteiger partial charge on any atom is -0.289 e. The fourth-order valence-electron chi connectivity index (χ4n) is 4.75. The summed E-state index contributed by atoms with van der Waals surface area (Å²) in [5.41, 5.74) is 6.52. The SMILES string of the molecule is Cc1c2c([n+]3c([nH]c4ccccc43)c1C#N)N(C1CCCC1)CC2. The predicted molar refractivity (Wildman–Crippen MR) is 94.2 cm³/mol. The normalized spacial score (nSPS) is 17.8. The van der Waals surface area contributed by atoms with Crippen LogP contribution >= 0.6 is 0 Å². The van der Waals surface area contributed by atoms with Gasteiger partial charge in [0.2, 0.25) is 11.5 Å². The topological polar surface area (TPSA) is 46.9 Å². The van der Waals surface area contributed by atoms with E-state index in [0.717, 1.165) is 35.3 Å². The van der Waals surface area contributed by atoms with Crippen LogP contribution in [0.2, 0.25) is 0 Å². The van der Waals surface area contributed by atoms with Crippen molar-refractivity contribution in [3.8, 4) is 6.07 Å². The molecule has 1 aliphatic heterocycles. The van der Waals surface area contributed by atoms with E-state index >= 15 is 0 Å². The zero-order valence-corrected chi connectivity index (χ0v) is 14.0. The zero-order valence-electron chi connectivity index (χ0n) is 14.0. The second-order valence-corrected chi connectivity index (χ2v) is 7.12. The summed E-state index contributed by atoms with van der Waals surface area (Å²) in [6.07, 6.45) is 6.32. The first-order valence-electron chi connectivity index (χ1n) is 8.94. The van der Waals surface area contributed by atoms with E-state index < -0.39 is 0 Å². The fourth-order valence-corrected chi connectivity index (χ4v) is 4.75. The van der Waals surface area contributed by atoms with Crippen LogP contribution < -0.4 is 9.30 Å². The van der Waals surface area contributed by atoms with Crippen LogP contribution in [0.3, 0.4) is 0 Å². The Balaban J connectivity index is 1.90. The average molecular weight is 317 g/mol. The summed E-state index contributed by atoms with van der Waals surface area (Å²) in [6.45, 7) is 3.19. The number of aromatic amines is 1. The molecule has 3 heterocycles. The maximum absolute atomic E-state index is 9.75. The van der Waals surface area contributed by atoms with E-state index in [9.17, 15) is 5.26 Å². The van der Waals surface area contributed by atoms with Crippen molar-refractivity contribution >= 4 is 22.5 Å². The van der Waals surface area contributed by atoms with Crippen molar-refractivity contribution in [3.63, 3.8) is 0 Å². The standard InChI is InChI=1S/C20H20N4/c1-13-15-10-11-23(14-6-2-3-7-14)20(15)24-18-9-5-4-8-17(18)22-19(24)16(13)12-21/h4-5,8-9,14H,2-3,6-7,10-11H2,1H3/p+1. The number of fused-ring (bicyclic) bond motifs is 5. The number of hydrogen-bond acceptors (Lipinski definition) is 2. The van der Waals surface area contributed by atoms with Gasteiger partial charge in [0.05, 0.1) is 12.6 Å². The number of benzene rings is 1. The maximum atomic E-state index is 9.75. The number of para-hydroxylation sites is 2. The van der Waals surface area contributed by atoms with Crippen LogP contribution in [0, 0.1) is 18.3 Å². The first kappa shape index (κ1) is 13.9. The Hall–Kier alpha value is -2.54. The minimum atomic E-state index is 0.656. The number of nitriles is 1. The second kappa shape index (κ2) is 4.98. The molecule has 120 valence electrons. The van der Waals surface area contributed by atoms with E-state index in [1.165, 1.54) is 42.6 Å². The van der Waals surface area contributed by atoms with Crippen LogP contribution in [0.5, 0.6) is 0 Å². The first-order valence-corrected chi connectivity index (χ1v) is 8.94. The molecule has 0 spiro atoms. The molecule has 4 nitrogen and oxygen atoms in total. The summed E-state index contributed by atoms with van der Waals surface area (Å²) in [7, 11) is 0. The van der Waals surface area contributed by atoms with Crippen molar-refractivity contribution in [3.05, 3.63) is 41.0 Å². The number of imidazole rings is 1. The van der Waals surface area contributed by atoms with Crippen LogP contribution in [0.1, 0.15) is 42.4 Å². The summed E-state index contributed by atoms with van der Waals surface area (Å²) < 4.78 is 2.31.